The van der Waals surface area contributed by atoms with Crippen LogP contribution in [0.3, 0.4) is 0 Å². The van der Waals surface area contributed by atoms with Crippen molar-refractivity contribution >= 4 is 11.6 Å². The lowest BCUT2D eigenvalue weighted by Gasteiger charge is -2.38. The monoisotopic (exact) mass is 394 g/mol. The van der Waals surface area contributed by atoms with Crippen LogP contribution in [0.15, 0.2) is 54.6 Å². The number of hydrogen-bond acceptors (Lipinski definition) is 0. The van der Waals surface area contributed by atoms with Gasteiger partial charge in [-0.05, 0) is 97.8 Å². The van der Waals surface area contributed by atoms with Gasteiger partial charge in [0.15, 0.2) is 0 Å². The molecule has 0 N–H and O–H groups in total. The molecule has 0 aromatic heterocycles. The lowest BCUT2D eigenvalue weighted by molar-refractivity contribution is 0.154. The Kier molecular flexibility index (Phi) is 6.78. The molecule has 2 aromatic carbocycles. The zero-order valence-electron chi connectivity index (χ0n) is 17.3. The van der Waals surface area contributed by atoms with E-state index in [9.17, 15) is 0 Å². The van der Waals surface area contributed by atoms with E-state index in [2.05, 4.69) is 61.5 Å². The van der Waals surface area contributed by atoms with E-state index in [-0.39, 0.29) is 0 Å². The Morgan fingerprint density at radius 3 is 1.93 bits per heavy atom. The van der Waals surface area contributed by atoms with Crippen molar-refractivity contribution in [3.63, 3.8) is 0 Å². The molecule has 0 amide bonds. The van der Waals surface area contributed by atoms with Crippen molar-refractivity contribution in [3.8, 4) is 0 Å². The minimum absolute atomic E-state index is 0.706. The molecule has 4 rings (SSSR count). The maximum atomic E-state index is 6.05. The molecule has 0 radical (unpaired) electrons. The van der Waals surface area contributed by atoms with E-state index in [0.717, 1.165) is 28.7 Å². The molecule has 1 atom stereocenters. The molecule has 28 heavy (non-hydrogen) atoms. The molecule has 0 nitrogen and oxygen atoms in total. The largest absolute Gasteiger partial charge is 0.0843 e. The van der Waals surface area contributed by atoms with Crippen molar-refractivity contribution in [1.82, 2.24) is 0 Å². The highest BCUT2D eigenvalue weighted by Gasteiger charge is 2.31. The maximum absolute atomic E-state index is 6.05. The van der Waals surface area contributed by atoms with Gasteiger partial charge in [-0.2, -0.15) is 0 Å². The van der Waals surface area contributed by atoms with Gasteiger partial charge in [-0.25, -0.2) is 0 Å². The summed E-state index contributed by atoms with van der Waals surface area (Å²) in [6, 6.07) is 19.7. The van der Waals surface area contributed by atoms with Crippen LogP contribution >= 0.6 is 11.6 Å². The first-order chi connectivity index (χ1) is 13.7. The van der Waals surface area contributed by atoms with E-state index >= 15 is 0 Å². The van der Waals surface area contributed by atoms with Gasteiger partial charge in [0.25, 0.3) is 0 Å². The number of hydrogen-bond donors (Lipinski definition) is 0. The van der Waals surface area contributed by atoms with Crippen molar-refractivity contribution < 1.29 is 0 Å². The van der Waals surface area contributed by atoms with Gasteiger partial charge in [0.2, 0.25) is 0 Å². The molecule has 1 unspecified atom stereocenters. The van der Waals surface area contributed by atoms with E-state index in [1.165, 1.54) is 68.9 Å². The topological polar surface area (TPSA) is 0 Å². The van der Waals surface area contributed by atoms with Gasteiger partial charge in [-0.3, -0.25) is 0 Å². The SMILES string of the molecule is CC(CC1CCC(C2CCC(c3ccc(Cl)cc3)CC2)CC1)c1ccccc1. The van der Waals surface area contributed by atoms with Crippen LogP contribution in [0, 0.1) is 17.8 Å². The van der Waals surface area contributed by atoms with E-state index in [1.54, 1.807) is 0 Å². The van der Waals surface area contributed by atoms with Gasteiger partial charge in [0.05, 0.1) is 0 Å². The van der Waals surface area contributed by atoms with E-state index < -0.39 is 0 Å². The third kappa shape index (κ3) is 5.01. The van der Waals surface area contributed by atoms with Crippen LogP contribution in [-0.4, -0.2) is 0 Å². The average Bonchev–Trinajstić information content (AvgIpc) is 2.76. The standard InChI is InChI=1S/C27H35Cl/c1-20(22-5-3-2-4-6-22)19-21-7-9-23(10-8-21)24-11-13-25(14-12-24)26-15-17-27(28)18-16-26/h2-6,15-18,20-21,23-25H,7-14,19H2,1H3. The molecule has 0 saturated heterocycles. The Bertz CT molecular complexity index is 704. The molecular formula is C27H35Cl. The van der Waals surface area contributed by atoms with E-state index in [1.807, 2.05) is 0 Å². The molecule has 1 heteroatoms. The molecule has 2 saturated carbocycles. The van der Waals surface area contributed by atoms with Crippen molar-refractivity contribution in [2.75, 3.05) is 0 Å². The normalized spacial score (nSPS) is 29.4. The molecule has 2 aromatic rings. The van der Waals surface area contributed by atoms with Crippen LogP contribution in [0.25, 0.3) is 0 Å². The quantitative estimate of drug-likeness (QED) is 0.476. The van der Waals surface area contributed by atoms with Gasteiger partial charge >= 0.3 is 0 Å². The van der Waals surface area contributed by atoms with Crippen LogP contribution in [0.1, 0.15) is 87.7 Å². The molecule has 2 aliphatic rings. The van der Waals surface area contributed by atoms with Gasteiger partial charge in [-0.1, -0.05) is 73.8 Å². The molecule has 2 fully saturated rings. The Morgan fingerprint density at radius 1 is 0.750 bits per heavy atom. The first-order valence-electron chi connectivity index (χ1n) is 11.5. The molecule has 150 valence electrons. The second-order valence-corrected chi connectivity index (χ2v) is 9.93. The molecule has 0 bridgehead atoms. The molecule has 0 aliphatic heterocycles. The fraction of sp³-hybridized carbons (Fsp3) is 0.556. The lowest BCUT2D eigenvalue weighted by Crippen LogP contribution is -2.25. The van der Waals surface area contributed by atoms with Crippen LogP contribution in [0.5, 0.6) is 0 Å². The average molecular weight is 395 g/mol. The highest BCUT2D eigenvalue weighted by molar-refractivity contribution is 6.30. The Morgan fingerprint density at radius 2 is 1.32 bits per heavy atom. The summed E-state index contributed by atoms with van der Waals surface area (Å²) in [5.74, 6) is 4.39. The second kappa shape index (κ2) is 9.49. The summed E-state index contributed by atoms with van der Waals surface area (Å²) in [7, 11) is 0. The Labute approximate surface area is 176 Å². The summed E-state index contributed by atoms with van der Waals surface area (Å²) < 4.78 is 0. The lowest BCUT2D eigenvalue weighted by atomic mass is 9.67. The van der Waals surface area contributed by atoms with Gasteiger partial charge in [-0.15, -0.1) is 0 Å². The third-order valence-electron chi connectivity index (χ3n) is 7.73. The first-order valence-corrected chi connectivity index (χ1v) is 11.9. The van der Waals surface area contributed by atoms with Crippen molar-refractivity contribution in [2.24, 2.45) is 17.8 Å². The van der Waals surface area contributed by atoms with E-state index in [4.69, 9.17) is 11.6 Å². The zero-order chi connectivity index (χ0) is 19.3. The van der Waals surface area contributed by atoms with Crippen LogP contribution in [0.4, 0.5) is 0 Å². The number of rotatable bonds is 5. The summed E-state index contributed by atoms with van der Waals surface area (Å²) in [6.45, 7) is 2.42. The summed E-state index contributed by atoms with van der Waals surface area (Å²) in [6.07, 6.45) is 12.9. The third-order valence-corrected chi connectivity index (χ3v) is 7.98. The predicted molar refractivity (Wildman–Crippen MR) is 121 cm³/mol. The van der Waals surface area contributed by atoms with Crippen molar-refractivity contribution in [2.45, 2.75) is 76.5 Å². The first kappa shape index (κ1) is 20.0. The molecular weight excluding hydrogens is 360 g/mol. The maximum Gasteiger partial charge on any atom is 0.0406 e. The van der Waals surface area contributed by atoms with Gasteiger partial charge < -0.3 is 0 Å². The van der Waals surface area contributed by atoms with Crippen LogP contribution in [0.2, 0.25) is 5.02 Å². The van der Waals surface area contributed by atoms with Gasteiger partial charge in [0, 0.05) is 5.02 Å². The van der Waals surface area contributed by atoms with E-state index in [0.29, 0.717) is 5.92 Å². The van der Waals surface area contributed by atoms with Gasteiger partial charge in [0.1, 0.15) is 0 Å². The minimum atomic E-state index is 0.706. The highest BCUT2D eigenvalue weighted by atomic mass is 35.5. The Hall–Kier alpha value is -1.27. The zero-order valence-corrected chi connectivity index (χ0v) is 18.1. The van der Waals surface area contributed by atoms with Crippen LogP contribution < -0.4 is 0 Å². The summed E-state index contributed by atoms with van der Waals surface area (Å²) in [5, 5.41) is 0.857. The Balaban J connectivity index is 1.22. The summed E-state index contributed by atoms with van der Waals surface area (Å²) in [4.78, 5) is 0. The molecule has 2 aliphatic carbocycles. The van der Waals surface area contributed by atoms with Crippen LogP contribution in [-0.2, 0) is 0 Å². The van der Waals surface area contributed by atoms with Crippen molar-refractivity contribution in [1.29, 1.82) is 0 Å². The second-order valence-electron chi connectivity index (χ2n) is 9.49. The highest BCUT2D eigenvalue weighted by Crippen LogP contribution is 2.45. The predicted octanol–water partition coefficient (Wildman–Crippen LogP) is 8.61. The summed E-state index contributed by atoms with van der Waals surface area (Å²) >= 11 is 6.05. The summed E-state index contributed by atoms with van der Waals surface area (Å²) in [5.41, 5.74) is 3.02. The number of benzene rings is 2. The molecule has 0 spiro atoms. The fourth-order valence-electron chi connectivity index (χ4n) is 5.97. The number of halogens is 1. The van der Waals surface area contributed by atoms with Crippen molar-refractivity contribution in [3.05, 3.63) is 70.7 Å². The molecule has 0 heterocycles. The fourth-order valence-corrected chi connectivity index (χ4v) is 6.10. The minimum Gasteiger partial charge on any atom is -0.0843 e. The smallest absolute Gasteiger partial charge is 0.0406 e.